The van der Waals surface area contributed by atoms with Gasteiger partial charge in [-0.05, 0) is 132 Å². The molecule has 1 heterocycles. The zero-order valence-electron chi connectivity index (χ0n) is 21.9. The first kappa shape index (κ1) is 25.0. The number of nitrogens with zero attached hydrogens (tertiary/aromatic N) is 1. The van der Waals surface area contributed by atoms with Crippen molar-refractivity contribution in [2.75, 3.05) is 40.3 Å². The number of nitrogens with one attached hydrogen (secondary N) is 2. The Bertz CT molecular complexity index is 791. The highest BCUT2D eigenvalue weighted by molar-refractivity contribution is 5.45. The summed E-state index contributed by atoms with van der Waals surface area (Å²) in [5.74, 6) is 2.53. The van der Waals surface area contributed by atoms with Crippen molar-refractivity contribution in [3.8, 4) is 5.75 Å². The summed E-state index contributed by atoms with van der Waals surface area (Å²) >= 11 is 0. The van der Waals surface area contributed by atoms with Crippen molar-refractivity contribution in [3.05, 3.63) is 29.3 Å². The highest BCUT2D eigenvalue weighted by Crippen LogP contribution is 2.69. The van der Waals surface area contributed by atoms with E-state index in [1.54, 1.807) is 0 Å². The second kappa shape index (κ2) is 10.3. The maximum Gasteiger partial charge on any atom is 0.115 e. The van der Waals surface area contributed by atoms with Gasteiger partial charge in [-0.25, -0.2) is 0 Å². The van der Waals surface area contributed by atoms with Gasteiger partial charge in [-0.1, -0.05) is 26.8 Å². The summed E-state index contributed by atoms with van der Waals surface area (Å²) in [6.07, 6.45) is 10.0. The van der Waals surface area contributed by atoms with Crippen LogP contribution in [0.4, 0.5) is 0 Å². The maximum absolute atomic E-state index is 10.7. The van der Waals surface area contributed by atoms with E-state index in [1.807, 2.05) is 6.07 Å². The molecule has 186 valence electrons. The molecule has 0 aromatic heterocycles. The van der Waals surface area contributed by atoms with Gasteiger partial charge >= 0.3 is 0 Å². The van der Waals surface area contributed by atoms with Crippen LogP contribution in [0.25, 0.3) is 0 Å². The van der Waals surface area contributed by atoms with Gasteiger partial charge in [0, 0.05) is 18.0 Å². The van der Waals surface area contributed by atoms with Crippen LogP contribution in [-0.4, -0.2) is 56.3 Å². The molecular formula is C29H49N3O. The average molecular weight is 456 g/mol. The largest absolute Gasteiger partial charge is 0.508 e. The third-order valence-corrected chi connectivity index (χ3v) is 10.1. The van der Waals surface area contributed by atoms with Crippen LogP contribution in [0.1, 0.15) is 76.8 Å². The maximum atomic E-state index is 10.7. The van der Waals surface area contributed by atoms with Crippen molar-refractivity contribution in [1.29, 1.82) is 0 Å². The van der Waals surface area contributed by atoms with Gasteiger partial charge in [0.25, 0.3) is 0 Å². The normalized spacial score (nSPS) is 36.4. The molecule has 2 aliphatic carbocycles. The van der Waals surface area contributed by atoms with Crippen LogP contribution in [0, 0.1) is 23.2 Å². The van der Waals surface area contributed by atoms with Gasteiger partial charge in [-0.3, -0.25) is 0 Å². The van der Waals surface area contributed by atoms with E-state index in [9.17, 15) is 5.11 Å². The predicted octanol–water partition coefficient (Wildman–Crippen LogP) is 4.95. The summed E-state index contributed by atoms with van der Waals surface area (Å²) < 4.78 is 0. The summed E-state index contributed by atoms with van der Waals surface area (Å²) in [4.78, 5) is 2.62. The molecule has 0 radical (unpaired) electrons. The van der Waals surface area contributed by atoms with E-state index < -0.39 is 0 Å². The van der Waals surface area contributed by atoms with Crippen molar-refractivity contribution >= 4 is 0 Å². The third kappa shape index (κ3) is 4.36. The van der Waals surface area contributed by atoms with Gasteiger partial charge in [0.1, 0.15) is 5.75 Å². The van der Waals surface area contributed by atoms with Crippen LogP contribution in [0.3, 0.4) is 0 Å². The second-order valence-electron chi connectivity index (χ2n) is 11.7. The lowest BCUT2D eigenvalue weighted by molar-refractivity contribution is 0.0201. The number of phenolic OH excluding ortho intramolecular Hbond substituents is 1. The van der Waals surface area contributed by atoms with Crippen LogP contribution in [0.5, 0.6) is 5.75 Å². The Hall–Kier alpha value is -1.10. The topological polar surface area (TPSA) is 47.5 Å². The highest BCUT2D eigenvalue weighted by atomic mass is 16.3. The Morgan fingerprint density at radius 2 is 2.06 bits per heavy atom. The summed E-state index contributed by atoms with van der Waals surface area (Å²) in [6, 6.07) is 6.83. The van der Waals surface area contributed by atoms with E-state index in [-0.39, 0.29) is 5.41 Å². The summed E-state index contributed by atoms with van der Waals surface area (Å²) in [7, 11) is 4.51. The predicted molar refractivity (Wildman–Crippen MR) is 139 cm³/mol. The number of benzene rings is 1. The Labute approximate surface area is 202 Å². The Kier molecular flexibility index (Phi) is 7.77. The van der Waals surface area contributed by atoms with Crippen LogP contribution in [-0.2, 0) is 11.8 Å². The van der Waals surface area contributed by atoms with Crippen LogP contribution >= 0.6 is 0 Å². The number of hydrogen-bond acceptors (Lipinski definition) is 4. The Morgan fingerprint density at radius 3 is 2.73 bits per heavy atom. The number of phenols is 1. The first-order chi connectivity index (χ1) is 15.9. The fourth-order valence-electron chi connectivity index (χ4n) is 8.70. The van der Waals surface area contributed by atoms with Gasteiger partial charge < -0.3 is 20.6 Å². The molecule has 2 bridgehead atoms. The van der Waals surface area contributed by atoms with Crippen molar-refractivity contribution in [2.45, 2.75) is 83.6 Å². The molecule has 0 spiro atoms. The summed E-state index contributed by atoms with van der Waals surface area (Å²) in [6.45, 7) is 11.9. The minimum atomic E-state index is 0.121. The van der Waals surface area contributed by atoms with E-state index in [4.69, 9.17) is 0 Å². The van der Waals surface area contributed by atoms with Crippen LogP contribution in [0.2, 0.25) is 0 Å². The average Bonchev–Trinajstić information content (AvgIpc) is 2.97. The smallest absolute Gasteiger partial charge is 0.115 e. The summed E-state index contributed by atoms with van der Waals surface area (Å²) in [5, 5.41) is 18.0. The van der Waals surface area contributed by atoms with E-state index in [0.717, 1.165) is 18.9 Å². The second-order valence-corrected chi connectivity index (χ2v) is 11.7. The molecule has 33 heavy (non-hydrogen) atoms. The van der Waals surface area contributed by atoms with Gasteiger partial charge in [0.05, 0.1) is 0 Å². The fraction of sp³-hybridized carbons (Fsp3) is 0.793. The molecule has 6 atom stereocenters. The van der Waals surface area contributed by atoms with Gasteiger partial charge in [-0.2, -0.15) is 0 Å². The molecule has 4 rings (SSSR count). The van der Waals surface area contributed by atoms with Crippen LogP contribution < -0.4 is 10.6 Å². The molecule has 1 aromatic carbocycles. The van der Waals surface area contributed by atoms with Crippen molar-refractivity contribution < 1.29 is 5.11 Å². The Balaban J connectivity index is 1.74. The first-order valence-electron chi connectivity index (χ1n) is 13.8. The zero-order valence-corrected chi connectivity index (χ0v) is 21.9. The number of aryl methyl sites for hydroxylation is 1. The molecule has 1 aliphatic heterocycles. The lowest BCUT2D eigenvalue weighted by Crippen LogP contribution is -2.57. The van der Waals surface area contributed by atoms with Gasteiger partial charge in [0.2, 0.25) is 0 Å². The molecule has 1 saturated heterocycles. The van der Waals surface area contributed by atoms with E-state index in [0.29, 0.717) is 29.0 Å². The lowest BCUT2D eigenvalue weighted by Gasteiger charge is -2.56. The lowest BCUT2D eigenvalue weighted by atomic mass is 9.49. The minimum Gasteiger partial charge on any atom is -0.508 e. The number of rotatable bonds is 9. The SMILES string of the molecule is CCc1ccc(O)cc1C1(CCN(C)CC2CCCNC2)C2C(C)CC1(CC)CCC2NC. The zero-order chi connectivity index (χ0) is 23.6. The molecule has 3 N–H and O–H groups in total. The van der Waals surface area contributed by atoms with E-state index >= 15 is 0 Å². The number of piperidine rings is 1. The molecular weight excluding hydrogens is 406 g/mol. The molecule has 3 aliphatic rings. The Morgan fingerprint density at radius 1 is 1.24 bits per heavy atom. The molecule has 1 aromatic rings. The molecule has 0 amide bonds. The molecule has 4 heteroatoms. The van der Waals surface area contributed by atoms with Crippen molar-refractivity contribution in [1.82, 2.24) is 15.5 Å². The molecule has 3 fully saturated rings. The standard InChI is InChI=1S/C29H49N3O/c1-6-23-10-11-24(33)17-25(23)29(14-16-32(5)20-22-9-8-15-31-19-22)27-21(3)18-28(29,7-2)13-12-26(27)30-4/h10-11,17,21-22,26-27,30-31,33H,6-9,12-16,18-20H2,1-5H3. The van der Waals surface area contributed by atoms with Crippen molar-refractivity contribution in [3.63, 3.8) is 0 Å². The number of aromatic hydroxyl groups is 1. The number of fused-ring (bicyclic) bond motifs is 2. The minimum absolute atomic E-state index is 0.121. The number of hydrogen-bond donors (Lipinski definition) is 3. The third-order valence-electron chi connectivity index (χ3n) is 10.1. The van der Waals surface area contributed by atoms with E-state index in [2.05, 4.69) is 62.5 Å². The quantitative estimate of drug-likeness (QED) is 0.493. The highest BCUT2D eigenvalue weighted by Gasteiger charge is 2.66. The fourth-order valence-corrected chi connectivity index (χ4v) is 8.70. The first-order valence-corrected chi connectivity index (χ1v) is 13.8. The summed E-state index contributed by atoms with van der Waals surface area (Å²) in [5.41, 5.74) is 3.36. The van der Waals surface area contributed by atoms with Gasteiger partial charge in [-0.15, -0.1) is 0 Å². The molecule has 4 nitrogen and oxygen atoms in total. The monoisotopic (exact) mass is 455 g/mol. The van der Waals surface area contributed by atoms with Crippen molar-refractivity contribution in [2.24, 2.45) is 23.2 Å². The molecule has 6 unspecified atom stereocenters. The van der Waals surface area contributed by atoms with Crippen LogP contribution in [0.15, 0.2) is 18.2 Å². The van der Waals surface area contributed by atoms with E-state index in [1.165, 1.54) is 75.7 Å². The molecule has 2 saturated carbocycles. The van der Waals surface area contributed by atoms with Gasteiger partial charge in [0.15, 0.2) is 0 Å².